The van der Waals surface area contributed by atoms with Crippen LogP contribution in [-0.2, 0) is 11.2 Å². The van der Waals surface area contributed by atoms with Crippen LogP contribution in [0.4, 0.5) is 0 Å². The van der Waals surface area contributed by atoms with Crippen LogP contribution in [0.1, 0.15) is 48.4 Å². The molecule has 5 nitrogen and oxygen atoms in total. The van der Waals surface area contributed by atoms with E-state index in [4.69, 9.17) is 9.47 Å². The zero-order chi connectivity index (χ0) is 19.0. The number of benzene rings is 2. The van der Waals surface area contributed by atoms with Crippen molar-refractivity contribution in [2.24, 2.45) is 0 Å². The van der Waals surface area contributed by atoms with Crippen molar-refractivity contribution in [2.75, 3.05) is 0 Å². The van der Waals surface area contributed by atoms with Gasteiger partial charge in [0.05, 0.1) is 0 Å². The molecule has 0 saturated heterocycles. The van der Waals surface area contributed by atoms with Crippen molar-refractivity contribution in [1.82, 2.24) is 0 Å². The van der Waals surface area contributed by atoms with Crippen molar-refractivity contribution in [2.45, 2.75) is 52.6 Å². The van der Waals surface area contributed by atoms with Crippen LogP contribution in [0.3, 0.4) is 0 Å². The number of hydrogen-bond donors (Lipinski definition) is 1. The Morgan fingerprint density at radius 1 is 1.35 bits per heavy atom. The fourth-order valence-electron chi connectivity index (χ4n) is 3.41. The third kappa shape index (κ3) is 3.47. The first-order valence-electron chi connectivity index (χ1n) is 8.76. The molecule has 1 N–H and O–H groups in total. The fourth-order valence-corrected chi connectivity index (χ4v) is 3.41. The van der Waals surface area contributed by atoms with Gasteiger partial charge in [0.1, 0.15) is 29.1 Å². The number of ether oxygens (including phenoxy) is 2. The molecule has 1 unspecified atom stereocenters. The second-order valence-electron chi connectivity index (χ2n) is 7.12. The van der Waals surface area contributed by atoms with Gasteiger partial charge in [0.25, 0.3) is 0 Å². The van der Waals surface area contributed by atoms with E-state index < -0.39 is 12.1 Å². The maximum absolute atomic E-state index is 10.8. The highest BCUT2D eigenvalue weighted by molar-refractivity contribution is 5.66. The molecule has 0 bridgehead atoms. The first kappa shape index (κ1) is 18.1. The second kappa shape index (κ2) is 6.90. The smallest absolute Gasteiger partial charge is 0.133 e. The zero-order valence-corrected chi connectivity index (χ0v) is 15.5. The molecule has 1 heterocycles. The first-order chi connectivity index (χ1) is 12.3. The van der Waals surface area contributed by atoms with E-state index in [-0.39, 0.29) is 18.1 Å². The summed E-state index contributed by atoms with van der Waals surface area (Å²) >= 11 is 0. The summed E-state index contributed by atoms with van der Waals surface area (Å²) in [7, 11) is 0. The lowest BCUT2D eigenvalue weighted by atomic mass is 9.99. The van der Waals surface area contributed by atoms with Crippen LogP contribution in [0.15, 0.2) is 24.3 Å². The summed E-state index contributed by atoms with van der Waals surface area (Å²) in [4.78, 5) is 10.8. The van der Waals surface area contributed by atoms with Crippen LogP contribution in [0, 0.1) is 13.8 Å². The van der Waals surface area contributed by atoms with Gasteiger partial charge in [-0.3, -0.25) is 0 Å². The number of aromatic hydroxyl groups is 1. The van der Waals surface area contributed by atoms with Gasteiger partial charge in [-0.25, -0.2) is 0 Å². The van der Waals surface area contributed by atoms with Gasteiger partial charge in [-0.05, 0) is 55.2 Å². The Morgan fingerprint density at radius 3 is 2.73 bits per heavy atom. The summed E-state index contributed by atoms with van der Waals surface area (Å²) in [5.41, 5.74) is 3.66. The molecular formula is C21H23O5-. The van der Waals surface area contributed by atoms with Gasteiger partial charge in [0, 0.05) is 29.9 Å². The van der Waals surface area contributed by atoms with Crippen LogP contribution in [0.2, 0.25) is 0 Å². The molecule has 1 aliphatic heterocycles. The third-order valence-electron chi connectivity index (χ3n) is 4.76. The number of carboxylic acid groups (broad SMARTS) is 1. The van der Waals surface area contributed by atoms with Crippen molar-refractivity contribution < 1.29 is 24.5 Å². The van der Waals surface area contributed by atoms with Crippen molar-refractivity contribution in [3.8, 4) is 23.0 Å². The predicted octanol–water partition coefficient (Wildman–Crippen LogP) is 3.37. The summed E-state index contributed by atoms with van der Waals surface area (Å²) in [6.07, 6.45) is 0.00192. The molecule has 0 amide bonds. The minimum absolute atomic E-state index is 0.126. The van der Waals surface area contributed by atoms with E-state index in [1.165, 1.54) is 0 Å². The highest BCUT2D eigenvalue weighted by Crippen LogP contribution is 2.41. The first-order valence-corrected chi connectivity index (χ1v) is 8.76. The van der Waals surface area contributed by atoms with E-state index in [9.17, 15) is 15.0 Å². The number of aryl methyl sites for hydroxylation is 1. The van der Waals surface area contributed by atoms with Crippen molar-refractivity contribution in [3.63, 3.8) is 0 Å². The average Bonchev–Trinajstić information content (AvgIpc) is 2.94. The molecule has 0 spiro atoms. The van der Waals surface area contributed by atoms with Crippen LogP contribution < -0.4 is 14.6 Å². The number of carbonyl (C=O) groups excluding carboxylic acids is 1. The number of aliphatic carboxylic acids is 1. The number of carbonyl (C=O) groups is 1. The van der Waals surface area contributed by atoms with E-state index in [0.29, 0.717) is 17.9 Å². The molecule has 0 aliphatic carbocycles. The molecule has 2 aromatic rings. The zero-order valence-electron chi connectivity index (χ0n) is 15.5. The Balaban J connectivity index is 1.91. The molecule has 2 aromatic carbocycles. The Morgan fingerprint density at radius 2 is 2.08 bits per heavy atom. The molecule has 0 aromatic heterocycles. The molecule has 1 atom stereocenters. The number of carboxylic acids is 1. The summed E-state index contributed by atoms with van der Waals surface area (Å²) in [5, 5.41) is 20.8. The summed E-state index contributed by atoms with van der Waals surface area (Å²) in [6, 6.07) is 7.11. The van der Waals surface area contributed by atoms with Gasteiger partial charge in [-0.2, -0.15) is 0 Å². The van der Waals surface area contributed by atoms with Crippen molar-refractivity contribution in [1.29, 1.82) is 0 Å². The molecule has 5 heteroatoms. The molecule has 0 saturated carbocycles. The molecule has 1 aliphatic rings. The summed E-state index contributed by atoms with van der Waals surface area (Å²) < 4.78 is 11.9. The SMILES string of the molecule is Cc1cc2c(c(C)c1Oc1ccc(O)c(C(C)C)c1)CC(CC(=O)[O-])O2. The fraction of sp³-hybridized carbons (Fsp3) is 0.381. The predicted molar refractivity (Wildman–Crippen MR) is 95.9 cm³/mol. The average molecular weight is 355 g/mol. The second-order valence-corrected chi connectivity index (χ2v) is 7.12. The van der Waals surface area contributed by atoms with E-state index in [1.807, 2.05) is 39.8 Å². The molecule has 0 fully saturated rings. The number of hydrogen-bond acceptors (Lipinski definition) is 5. The third-order valence-corrected chi connectivity index (χ3v) is 4.76. The van der Waals surface area contributed by atoms with E-state index >= 15 is 0 Å². The van der Waals surface area contributed by atoms with E-state index in [1.54, 1.807) is 12.1 Å². The maximum Gasteiger partial charge on any atom is 0.133 e. The lowest BCUT2D eigenvalue weighted by Crippen LogP contribution is -2.29. The maximum atomic E-state index is 10.8. The Bertz CT molecular complexity index is 854. The van der Waals surface area contributed by atoms with Gasteiger partial charge in [0.15, 0.2) is 0 Å². The standard InChI is InChI=1S/C21H24O5/c1-11(2)16-8-14(5-6-18(16)22)26-21-12(3)7-19-17(13(21)4)9-15(25-19)10-20(23)24/h5-8,11,15,22H,9-10H2,1-4H3,(H,23,24)/p-1. The number of phenols is 1. The lowest BCUT2D eigenvalue weighted by Gasteiger charge is -2.16. The monoisotopic (exact) mass is 355 g/mol. The quantitative estimate of drug-likeness (QED) is 0.890. The highest BCUT2D eigenvalue weighted by Gasteiger charge is 2.27. The molecule has 138 valence electrons. The molecule has 0 radical (unpaired) electrons. The largest absolute Gasteiger partial charge is 0.550 e. The van der Waals surface area contributed by atoms with Gasteiger partial charge in [0.2, 0.25) is 0 Å². The van der Waals surface area contributed by atoms with Gasteiger partial charge < -0.3 is 24.5 Å². The van der Waals surface area contributed by atoms with Crippen LogP contribution in [0.25, 0.3) is 0 Å². The normalized spacial score (nSPS) is 15.7. The molecular weight excluding hydrogens is 332 g/mol. The van der Waals surface area contributed by atoms with Crippen molar-refractivity contribution in [3.05, 3.63) is 46.5 Å². The lowest BCUT2D eigenvalue weighted by molar-refractivity contribution is -0.307. The highest BCUT2D eigenvalue weighted by atomic mass is 16.5. The Labute approximate surface area is 153 Å². The Kier molecular flexibility index (Phi) is 4.81. The van der Waals surface area contributed by atoms with Crippen molar-refractivity contribution >= 4 is 5.97 Å². The molecule has 3 rings (SSSR count). The Hall–Kier alpha value is -2.69. The minimum atomic E-state index is -1.11. The minimum Gasteiger partial charge on any atom is -0.550 e. The van der Waals surface area contributed by atoms with Crippen LogP contribution in [0.5, 0.6) is 23.0 Å². The van der Waals surface area contributed by atoms with Crippen LogP contribution >= 0.6 is 0 Å². The number of phenolic OH excluding ortho intramolecular Hbond substituents is 1. The number of fused-ring (bicyclic) bond motifs is 1. The number of rotatable bonds is 5. The summed E-state index contributed by atoms with van der Waals surface area (Å²) in [5.74, 6) is 1.43. The van der Waals surface area contributed by atoms with E-state index in [0.717, 1.165) is 28.0 Å². The van der Waals surface area contributed by atoms with E-state index in [2.05, 4.69) is 0 Å². The molecule has 26 heavy (non-hydrogen) atoms. The summed E-state index contributed by atoms with van der Waals surface area (Å²) in [6.45, 7) is 7.91. The van der Waals surface area contributed by atoms with Gasteiger partial charge in [-0.1, -0.05) is 13.8 Å². The topological polar surface area (TPSA) is 78.8 Å². The van der Waals surface area contributed by atoms with Gasteiger partial charge in [-0.15, -0.1) is 0 Å². The van der Waals surface area contributed by atoms with Crippen LogP contribution in [-0.4, -0.2) is 17.2 Å². The van der Waals surface area contributed by atoms with Gasteiger partial charge >= 0.3 is 0 Å².